The molecule has 1 unspecified atom stereocenters. The summed E-state index contributed by atoms with van der Waals surface area (Å²) in [5, 5.41) is 4.23. The highest BCUT2D eigenvalue weighted by molar-refractivity contribution is 7.89. The van der Waals surface area contributed by atoms with Crippen LogP contribution < -0.4 is 5.73 Å². The molecular weight excluding hydrogens is 342 g/mol. The lowest BCUT2D eigenvalue weighted by atomic mass is 10.1. The van der Waals surface area contributed by atoms with Crippen LogP contribution in [0.25, 0.3) is 0 Å². The van der Waals surface area contributed by atoms with Gasteiger partial charge < -0.3 is 5.73 Å². The molecule has 0 spiro atoms. The number of rotatable bonds is 5. The van der Waals surface area contributed by atoms with E-state index < -0.39 is 10.0 Å². The normalized spacial score (nSPS) is 19.7. The van der Waals surface area contributed by atoms with E-state index >= 15 is 0 Å². The molecule has 1 aromatic heterocycles. The largest absolute Gasteiger partial charge is 0.399 e. The van der Waals surface area contributed by atoms with Gasteiger partial charge in [0, 0.05) is 31.9 Å². The zero-order valence-corrected chi connectivity index (χ0v) is 15.4. The summed E-state index contributed by atoms with van der Waals surface area (Å²) in [6.45, 7) is 2.67. The molecule has 130 valence electrons. The number of likely N-dealkylation sites (tertiary alicyclic amines) is 1. The Hall–Kier alpha value is -1.41. The van der Waals surface area contributed by atoms with Crippen LogP contribution in [0.4, 0.5) is 5.69 Å². The molecule has 0 saturated carbocycles. The maximum absolute atomic E-state index is 12.8. The maximum Gasteiger partial charge on any atom is 0.243 e. The summed E-state index contributed by atoms with van der Waals surface area (Å²) in [7, 11) is -1.80. The zero-order valence-electron chi connectivity index (χ0n) is 13.8. The number of likely N-dealkylation sites (N-methyl/N-ethyl adjacent to an activating group) is 1. The number of hydrogen-bond acceptors (Lipinski definition) is 5. The van der Waals surface area contributed by atoms with Gasteiger partial charge in [-0.15, -0.1) is 0 Å². The first-order valence-electron chi connectivity index (χ1n) is 8.04. The zero-order chi connectivity index (χ0) is 17.2. The van der Waals surface area contributed by atoms with Crippen molar-refractivity contribution in [3.05, 3.63) is 46.7 Å². The average Bonchev–Trinajstić information content (AvgIpc) is 3.08. The summed E-state index contributed by atoms with van der Waals surface area (Å²) in [6.07, 6.45) is 1.90. The van der Waals surface area contributed by atoms with Gasteiger partial charge >= 0.3 is 0 Å². The van der Waals surface area contributed by atoms with Crippen molar-refractivity contribution in [1.29, 1.82) is 0 Å². The van der Waals surface area contributed by atoms with Crippen molar-refractivity contribution in [1.82, 2.24) is 9.21 Å². The standard InChI is InChI=1S/C17H23N3O2S2/c1-19(24(21,22)17-6-4-15(18)5-7-17)16-3-2-9-20(12-16)11-14-8-10-23-13-14/h4-8,10,13,16H,2-3,9,11-12,18H2,1H3. The second-order valence-electron chi connectivity index (χ2n) is 6.25. The third kappa shape index (κ3) is 3.80. The van der Waals surface area contributed by atoms with Gasteiger partial charge in [0.25, 0.3) is 0 Å². The molecule has 1 aliphatic rings. The predicted molar refractivity (Wildman–Crippen MR) is 98.4 cm³/mol. The number of thiophene rings is 1. The highest BCUT2D eigenvalue weighted by Gasteiger charge is 2.31. The second kappa shape index (κ2) is 7.23. The molecule has 0 bridgehead atoms. The third-order valence-corrected chi connectivity index (χ3v) is 7.19. The molecule has 2 heterocycles. The number of nitrogens with zero attached hydrogens (tertiary/aromatic N) is 2. The number of sulfonamides is 1. The molecule has 1 saturated heterocycles. The van der Waals surface area contributed by atoms with Crippen molar-refractivity contribution in [2.24, 2.45) is 0 Å². The summed E-state index contributed by atoms with van der Waals surface area (Å²) in [6, 6.07) is 8.54. The van der Waals surface area contributed by atoms with Crippen LogP contribution in [0, 0.1) is 0 Å². The molecule has 1 fully saturated rings. The van der Waals surface area contributed by atoms with Crippen molar-refractivity contribution >= 4 is 27.0 Å². The lowest BCUT2D eigenvalue weighted by molar-refractivity contribution is 0.153. The fraction of sp³-hybridized carbons (Fsp3) is 0.412. The van der Waals surface area contributed by atoms with E-state index in [1.165, 1.54) is 9.87 Å². The van der Waals surface area contributed by atoms with E-state index in [0.717, 1.165) is 32.5 Å². The summed E-state index contributed by atoms with van der Waals surface area (Å²) >= 11 is 1.69. The van der Waals surface area contributed by atoms with E-state index in [4.69, 9.17) is 5.73 Å². The number of nitrogens with two attached hydrogens (primary N) is 1. The molecule has 24 heavy (non-hydrogen) atoms. The Morgan fingerprint density at radius 1 is 1.29 bits per heavy atom. The first-order valence-corrected chi connectivity index (χ1v) is 10.4. The molecule has 2 aromatic rings. The van der Waals surface area contributed by atoms with E-state index in [1.54, 1.807) is 42.6 Å². The van der Waals surface area contributed by atoms with E-state index in [-0.39, 0.29) is 6.04 Å². The van der Waals surface area contributed by atoms with Gasteiger partial charge in [-0.05, 0) is 66.0 Å². The Bertz CT molecular complexity index is 758. The van der Waals surface area contributed by atoms with Gasteiger partial charge in [-0.3, -0.25) is 4.90 Å². The minimum absolute atomic E-state index is 0.0000567. The third-order valence-electron chi connectivity index (χ3n) is 4.54. The van der Waals surface area contributed by atoms with Gasteiger partial charge in [-0.1, -0.05) is 0 Å². The highest BCUT2D eigenvalue weighted by atomic mass is 32.2. The summed E-state index contributed by atoms with van der Waals surface area (Å²) in [4.78, 5) is 2.64. The fourth-order valence-electron chi connectivity index (χ4n) is 3.11. The highest BCUT2D eigenvalue weighted by Crippen LogP contribution is 2.24. The van der Waals surface area contributed by atoms with Crippen LogP contribution in [0.2, 0.25) is 0 Å². The number of benzene rings is 1. The first kappa shape index (κ1) is 17.4. The van der Waals surface area contributed by atoms with Crippen molar-refractivity contribution in [2.45, 2.75) is 30.3 Å². The predicted octanol–water partition coefficient (Wildman–Crippen LogP) is 2.62. The Kier molecular flexibility index (Phi) is 5.24. The monoisotopic (exact) mass is 365 g/mol. The van der Waals surface area contributed by atoms with E-state index in [9.17, 15) is 8.42 Å². The topological polar surface area (TPSA) is 66.6 Å². The Balaban J connectivity index is 1.71. The van der Waals surface area contributed by atoms with Crippen molar-refractivity contribution in [3.8, 4) is 0 Å². The molecule has 2 N–H and O–H groups in total. The molecule has 0 radical (unpaired) electrons. The first-order chi connectivity index (χ1) is 11.5. The lowest BCUT2D eigenvalue weighted by Gasteiger charge is -2.37. The SMILES string of the molecule is CN(C1CCCN(Cc2ccsc2)C1)S(=O)(=O)c1ccc(N)cc1. The quantitative estimate of drug-likeness (QED) is 0.827. The van der Waals surface area contributed by atoms with Gasteiger partial charge in [-0.25, -0.2) is 8.42 Å². The van der Waals surface area contributed by atoms with Crippen LogP contribution in [0.1, 0.15) is 18.4 Å². The van der Waals surface area contributed by atoms with Crippen molar-refractivity contribution in [2.75, 3.05) is 25.9 Å². The van der Waals surface area contributed by atoms with Crippen molar-refractivity contribution in [3.63, 3.8) is 0 Å². The number of hydrogen-bond donors (Lipinski definition) is 1. The summed E-state index contributed by atoms with van der Waals surface area (Å²) in [5.74, 6) is 0. The molecule has 1 aliphatic heterocycles. The lowest BCUT2D eigenvalue weighted by Crippen LogP contribution is -2.48. The number of nitrogen functional groups attached to an aromatic ring is 1. The van der Waals surface area contributed by atoms with E-state index in [0.29, 0.717) is 10.6 Å². The maximum atomic E-state index is 12.8. The van der Waals surface area contributed by atoms with Crippen LogP contribution in [-0.4, -0.2) is 43.8 Å². The minimum Gasteiger partial charge on any atom is -0.399 e. The van der Waals surface area contributed by atoms with Crippen LogP contribution >= 0.6 is 11.3 Å². The molecule has 1 atom stereocenters. The molecule has 0 amide bonds. The van der Waals surface area contributed by atoms with E-state index in [2.05, 4.69) is 21.7 Å². The number of piperidine rings is 1. The van der Waals surface area contributed by atoms with Crippen LogP contribution in [-0.2, 0) is 16.6 Å². The number of anilines is 1. The fourth-order valence-corrected chi connectivity index (χ4v) is 5.15. The van der Waals surface area contributed by atoms with Gasteiger partial charge in [0.1, 0.15) is 0 Å². The van der Waals surface area contributed by atoms with Gasteiger partial charge in [-0.2, -0.15) is 15.6 Å². The molecule has 5 nitrogen and oxygen atoms in total. The minimum atomic E-state index is -3.49. The van der Waals surface area contributed by atoms with E-state index in [1.807, 2.05) is 0 Å². The smallest absolute Gasteiger partial charge is 0.243 e. The van der Waals surface area contributed by atoms with Crippen molar-refractivity contribution < 1.29 is 8.42 Å². The van der Waals surface area contributed by atoms with Crippen LogP contribution in [0.5, 0.6) is 0 Å². The molecule has 1 aromatic carbocycles. The molecular formula is C17H23N3O2S2. The Morgan fingerprint density at radius 3 is 2.71 bits per heavy atom. The average molecular weight is 366 g/mol. The summed E-state index contributed by atoms with van der Waals surface area (Å²) < 4.78 is 27.2. The molecule has 3 rings (SSSR count). The van der Waals surface area contributed by atoms with Gasteiger partial charge in [0.05, 0.1) is 4.90 Å². The second-order valence-corrected chi connectivity index (χ2v) is 9.03. The van der Waals surface area contributed by atoms with Gasteiger partial charge in [0.15, 0.2) is 0 Å². The Labute approximate surface area is 147 Å². The van der Waals surface area contributed by atoms with Crippen LogP contribution in [0.15, 0.2) is 46.0 Å². The van der Waals surface area contributed by atoms with Gasteiger partial charge in [0.2, 0.25) is 10.0 Å². The Morgan fingerprint density at radius 2 is 2.04 bits per heavy atom. The summed E-state index contributed by atoms with van der Waals surface area (Å²) in [5.41, 5.74) is 7.52. The molecule has 0 aliphatic carbocycles. The van der Waals surface area contributed by atoms with Crippen LogP contribution in [0.3, 0.4) is 0 Å². The molecule has 7 heteroatoms.